The maximum absolute atomic E-state index is 4.73. The highest BCUT2D eigenvalue weighted by Crippen LogP contribution is 2.08. The van der Waals surface area contributed by atoms with E-state index in [-0.39, 0.29) is 0 Å². The zero-order valence-electron chi connectivity index (χ0n) is 18.8. The van der Waals surface area contributed by atoms with Crippen molar-refractivity contribution in [2.24, 2.45) is 12.0 Å². The molecule has 0 saturated carbocycles. The predicted molar refractivity (Wildman–Crippen MR) is 123 cm³/mol. The van der Waals surface area contributed by atoms with E-state index >= 15 is 0 Å². The van der Waals surface area contributed by atoms with E-state index in [1.54, 1.807) is 11.3 Å². The molecule has 2 aromatic heterocycles. The number of thiophene rings is 1. The molecule has 0 fully saturated rings. The number of aromatic nitrogens is 3. The molecule has 0 aliphatic carbocycles. The lowest BCUT2D eigenvalue weighted by molar-refractivity contribution is 0.173. The first-order valence-electron chi connectivity index (χ1n) is 10.5. The van der Waals surface area contributed by atoms with Crippen LogP contribution < -0.4 is 10.6 Å². The third kappa shape index (κ3) is 7.78. The van der Waals surface area contributed by atoms with Crippen LogP contribution in [0.2, 0.25) is 0 Å². The molecule has 0 aliphatic heterocycles. The summed E-state index contributed by atoms with van der Waals surface area (Å²) in [5.74, 6) is 2.60. The van der Waals surface area contributed by atoms with E-state index < -0.39 is 0 Å². The van der Waals surface area contributed by atoms with Crippen molar-refractivity contribution in [3.63, 3.8) is 0 Å². The minimum atomic E-state index is 0.510. The second kappa shape index (κ2) is 11.9. The van der Waals surface area contributed by atoms with Crippen LogP contribution in [0.1, 0.15) is 50.6 Å². The van der Waals surface area contributed by atoms with Crippen molar-refractivity contribution in [3.8, 4) is 0 Å². The number of hydrogen-bond donors (Lipinski definition) is 2. The van der Waals surface area contributed by atoms with Crippen LogP contribution in [0.15, 0.2) is 22.5 Å². The van der Waals surface area contributed by atoms with E-state index in [1.165, 1.54) is 4.88 Å². The maximum atomic E-state index is 4.73. The average molecular weight is 420 g/mol. The molecule has 162 valence electrons. The molecule has 2 heterocycles. The molecule has 8 heteroatoms. The largest absolute Gasteiger partial charge is 0.356 e. The van der Waals surface area contributed by atoms with Crippen molar-refractivity contribution in [2.45, 2.75) is 66.1 Å². The second-order valence-corrected chi connectivity index (χ2v) is 8.88. The van der Waals surface area contributed by atoms with E-state index in [1.807, 2.05) is 18.5 Å². The van der Waals surface area contributed by atoms with Gasteiger partial charge in [0.15, 0.2) is 11.8 Å². The van der Waals surface area contributed by atoms with Gasteiger partial charge in [0.1, 0.15) is 12.4 Å². The molecular formula is C21H37N7S. The fourth-order valence-corrected chi connectivity index (χ4v) is 3.96. The van der Waals surface area contributed by atoms with E-state index in [2.05, 4.69) is 70.9 Å². The maximum Gasteiger partial charge on any atom is 0.191 e. The Morgan fingerprint density at radius 1 is 1.17 bits per heavy atom. The number of aryl methyl sites for hydroxylation is 1. The summed E-state index contributed by atoms with van der Waals surface area (Å²) in [5, 5.41) is 17.4. The Balaban J connectivity index is 1.88. The van der Waals surface area contributed by atoms with Gasteiger partial charge in [0.2, 0.25) is 0 Å². The molecular weight excluding hydrogens is 382 g/mol. The van der Waals surface area contributed by atoms with Gasteiger partial charge in [-0.1, -0.05) is 6.07 Å². The van der Waals surface area contributed by atoms with Gasteiger partial charge in [-0.2, -0.15) is 0 Å². The summed E-state index contributed by atoms with van der Waals surface area (Å²) in [6, 6.07) is 5.39. The van der Waals surface area contributed by atoms with Crippen LogP contribution in [-0.2, 0) is 20.0 Å². The molecule has 2 aromatic rings. The monoisotopic (exact) mass is 419 g/mol. The van der Waals surface area contributed by atoms with Gasteiger partial charge in [0, 0.05) is 43.6 Å². The lowest BCUT2D eigenvalue weighted by atomic mass is 10.2. The van der Waals surface area contributed by atoms with E-state index in [9.17, 15) is 0 Å². The van der Waals surface area contributed by atoms with Gasteiger partial charge in [-0.25, -0.2) is 4.99 Å². The quantitative estimate of drug-likeness (QED) is 0.333. The van der Waals surface area contributed by atoms with Gasteiger partial charge in [0.25, 0.3) is 0 Å². The second-order valence-electron chi connectivity index (χ2n) is 7.85. The highest BCUT2D eigenvalue weighted by molar-refractivity contribution is 7.09. The van der Waals surface area contributed by atoms with Crippen LogP contribution in [0.4, 0.5) is 0 Å². The van der Waals surface area contributed by atoms with Gasteiger partial charge >= 0.3 is 0 Å². The zero-order chi connectivity index (χ0) is 21.2. The molecule has 0 spiro atoms. The number of guanidine groups is 1. The van der Waals surface area contributed by atoms with Crippen molar-refractivity contribution in [2.75, 3.05) is 19.6 Å². The Bertz CT molecular complexity index is 726. The molecule has 2 rings (SSSR count). The molecule has 0 radical (unpaired) electrons. The summed E-state index contributed by atoms with van der Waals surface area (Å²) in [7, 11) is 1.98. The standard InChI is InChI=1S/C21H37N7S/c1-16(2)28(17(3)4)13-8-11-22-21(23-12-10-19-9-7-14-29-19)24-15-20-26-25-18(5)27(20)6/h7,9,14,16-17H,8,10-13,15H2,1-6H3,(H2,22,23,24). The molecule has 29 heavy (non-hydrogen) atoms. The zero-order valence-corrected chi connectivity index (χ0v) is 19.6. The van der Waals surface area contributed by atoms with Gasteiger partial charge in [-0.3, -0.25) is 4.90 Å². The summed E-state index contributed by atoms with van der Waals surface area (Å²) in [6.07, 6.45) is 2.07. The first-order valence-corrected chi connectivity index (χ1v) is 11.4. The van der Waals surface area contributed by atoms with Crippen LogP contribution >= 0.6 is 11.3 Å². The smallest absolute Gasteiger partial charge is 0.191 e. The van der Waals surface area contributed by atoms with Crippen LogP contribution in [-0.4, -0.2) is 57.3 Å². The van der Waals surface area contributed by atoms with Crippen molar-refractivity contribution in [1.29, 1.82) is 0 Å². The van der Waals surface area contributed by atoms with Crippen LogP contribution in [0.3, 0.4) is 0 Å². The van der Waals surface area contributed by atoms with Gasteiger partial charge in [-0.05, 0) is 58.9 Å². The van der Waals surface area contributed by atoms with Gasteiger partial charge < -0.3 is 15.2 Å². The first kappa shape index (κ1) is 23.3. The molecule has 0 aliphatic rings. The Morgan fingerprint density at radius 2 is 1.90 bits per heavy atom. The molecule has 0 atom stereocenters. The summed E-state index contributed by atoms with van der Waals surface area (Å²) in [6.45, 7) is 14.3. The summed E-state index contributed by atoms with van der Waals surface area (Å²) < 4.78 is 1.98. The molecule has 0 amide bonds. The lowest BCUT2D eigenvalue weighted by Crippen LogP contribution is -2.41. The molecule has 0 aromatic carbocycles. The molecule has 7 nitrogen and oxygen atoms in total. The first-order chi connectivity index (χ1) is 13.9. The minimum Gasteiger partial charge on any atom is -0.356 e. The third-order valence-electron chi connectivity index (χ3n) is 5.02. The number of rotatable bonds is 11. The topological polar surface area (TPSA) is 70.4 Å². The van der Waals surface area contributed by atoms with Crippen molar-refractivity contribution in [1.82, 2.24) is 30.3 Å². The fourth-order valence-electron chi connectivity index (χ4n) is 3.25. The van der Waals surface area contributed by atoms with Gasteiger partial charge in [-0.15, -0.1) is 21.5 Å². The fraction of sp³-hybridized carbons (Fsp3) is 0.667. The van der Waals surface area contributed by atoms with Crippen molar-refractivity contribution >= 4 is 17.3 Å². The number of nitrogens with one attached hydrogen (secondary N) is 2. The highest BCUT2D eigenvalue weighted by Gasteiger charge is 2.12. The number of nitrogens with zero attached hydrogens (tertiary/aromatic N) is 5. The molecule has 0 bridgehead atoms. The number of aliphatic imine (C=N–C) groups is 1. The SMILES string of the molecule is Cc1nnc(CN=C(NCCCN(C(C)C)C(C)C)NCCc2cccs2)n1C. The Kier molecular flexibility index (Phi) is 9.60. The minimum absolute atomic E-state index is 0.510. The third-order valence-corrected chi connectivity index (χ3v) is 5.95. The summed E-state index contributed by atoms with van der Waals surface area (Å²) in [4.78, 5) is 8.63. The molecule has 0 saturated heterocycles. The van der Waals surface area contributed by atoms with Crippen LogP contribution in [0, 0.1) is 6.92 Å². The summed E-state index contributed by atoms with van der Waals surface area (Å²) >= 11 is 1.79. The Hall–Kier alpha value is -1.93. The van der Waals surface area contributed by atoms with Crippen LogP contribution in [0.5, 0.6) is 0 Å². The molecule has 2 N–H and O–H groups in total. The van der Waals surface area contributed by atoms with E-state index in [4.69, 9.17) is 4.99 Å². The number of hydrogen-bond acceptors (Lipinski definition) is 5. The van der Waals surface area contributed by atoms with E-state index in [0.29, 0.717) is 18.6 Å². The Morgan fingerprint density at radius 3 is 2.48 bits per heavy atom. The lowest BCUT2D eigenvalue weighted by Gasteiger charge is -2.30. The van der Waals surface area contributed by atoms with Crippen molar-refractivity contribution < 1.29 is 0 Å². The van der Waals surface area contributed by atoms with Crippen LogP contribution in [0.25, 0.3) is 0 Å². The molecule has 0 unspecified atom stereocenters. The van der Waals surface area contributed by atoms with Gasteiger partial charge in [0.05, 0.1) is 0 Å². The highest BCUT2D eigenvalue weighted by atomic mass is 32.1. The predicted octanol–water partition coefficient (Wildman–Crippen LogP) is 2.97. The van der Waals surface area contributed by atoms with E-state index in [0.717, 1.165) is 50.1 Å². The Labute approximate surface area is 179 Å². The average Bonchev–Trinajstić information content (AvgIpc) is 3.29. The van der Waals surface area contributed by atoms with Crippen molar-refractivity contribution in [3.05, 3.63) is 34.0 Å². The normalized spacial score (nSPS) is 12.4. The summed E-state index contributed by atoms with van der Waals surface area (Å²) in [5.41, 5.74) is 0.